The third kappa shape index (κ3) is 3.29. The number of hydrogen-bond donors (Lipinski definition) is 1. The van der Waals surface area contributed by atoms with E-state index in [-0.39, 0.29) is 11.6 Å². The van der Waals surface area contributed by atoms with Crippen LogP contribution in [-0.2, 0) is 6.54 Å². The van der Waals surface area contributed by atoms with Crippen LogP contribution in [0.1, 0.15) is 16.2 Å². The summed E-state index contributed by atoms with van der Waals surface area (Å²) in [5, 5.41) is 11.1. The molecule has 6 nitrogen and oxygen atoms in total. The minimum Gasteiger partial charge on any atom is -0.345 e. The minimum atomic E-state index is -0.307. The highest BCUT2D eigenvalue weighted by atomic mass is 35.5. The lowest BCUT2D eigenvalue weighted by atomic mass is 10.3. The molecule has 0 spiro atoms. The highest BCUT2D eigenvalue weighted by molar-refractivity contribution is 6.30. The molecule has 0 aliphatic rings. The molecule has 2 heterocycles. The predicted octanol–water partition coefficient (Wildman–Crippen LogP) is 2.25. The Bertz CT molecular complexity index is 787. The van der Waals surface area contributed by atoms with E-state index >= 15 is 0 Å². The molecule has 0 atom stereocenters. The van der Waals surface area contributed by atoms with Gasteiger partial charge in [0.25, 0.3) is 5.91 Å². The number of aromatic nitrogens is 4. The van der Waals surface area contributed by atoms with Crippen LogP contribution in [0.25, 0.3) is 5.69 Å². The van der Waals surface area contributed by atoms with Crippen molar-refractivity contribution in [2.24, 2.45) is 0 Å². The lowest BCUT2D eigenvalue weighted by Crippen LogP contribution is -2.23. The maximum absolute atomic E-state index is 12.0. The van der Waals surface area contributed by atoms with Gasteiger partial charge < -0.3 is 5.32 Å². The molecule has 0 saturated heterocycles. The monoisotopic (exact) mass is 313 g/mol. The molecule has 0 radical (unpaired) electrons. The van der Waals surface area contributed by atoms with E-state index in [9.17, 15) is 4.79 Å². The number of nitrogens with zero attached hydrogens (tertiary/aromatic N) is 4. The smallest absolute Gasteiger partial charge is 0.273 e. The van der Waals surface area contributed by atoms with Gasteiger partial charge in [-0.15, -0.1) is 5.10 Å². The van der Waals surface area contributed by atoms with Crippen LogP contribution in [0, 0.1) is 0 Å². The van der Waals surface area contributed by atoms with Crippen molar-refractivity contribution in [2.45, 2.75) is 6.54 Å². The molecule has 3 aromatic rings. The van der Waals surface area contributed by atoms with Crippen LogP contribution in [0.15, 0.2) is 54.9 Å². The number of rotatable bonds is 4. The number of amides is 1. The van der Waals surface area contributed by atoms with Gasteiger partial charge in [-0.3, -0.25) is 9.78 Å². The van der Waals surface area contributed by atoms with Crippen LogP contribution < -0.4 is 5.32 Å². The average Bonchev–Trinajstić information content (AvgIpc) is 3.04. The Morgan fingerprint density at radius 1 is 1.23 bits per heavy atom. The average molecular weight is 314 g/mol. The number of hydrogen-bond acceptors (Lipinski definition) is 4. The third-order valence-corrected chi connectivity index (χ3v) is 3.19. The van der Waals surface area contributed by atoms with Gasteiger partial charge in [0.1, 0.15) is 0 Å². The molecular formula is C15H12ClN5O. The van der Waals surface area contributed by atoms with Crippen LogP contribution >= 0.6 is 11.6 Å². The van der Waals surface area contributed by atoms with Gasteiger partial charge >= 0.3 is 0 Å². The highest BCUT2D eigenvalue weighted by Gasteiger charge is 2.11. The lowest BCUT2D eigenvalue weighted by Gasteiger charge is -2.01. The number of halogens is 1. The summed E-state index contributed by atoms with van der Waals surface area (Å²) in [5.41, 5.74) is 1.75. The first-order chi connectivity index (χ1) is 10.7. The number of carbonyl (C=O) groups is 1. The normalized spacial score (nSPS) is 10.4. The van der Waals surface area contributed by atoms with Gasteiger partial charge in [0.05, 0.1) is 24.1 Å². The second kappa shape index (κ2) is 6.36. The first-order valence-electron chi connectivity index (χ1n) is 6.59. The molecule has 1 N–H and O–H groups in total. The van der Waals surface area contributed by atoms with E-state index in [1.807, 2.05) is 24.3 Å². The minimum absolute atomic E-state index is 0.232. The third-order valence-electron chi connectivity index (χ3n) is 2.95. The van der Waals surface area contributed by atoms with Gasteiger partial charge in [-0.1, -0.05) is 28.9 Å². The van der Waals surface area contributed by atoms with E-state index in [0.717, 1.165) is 11.4 Å². The van der Waals surface area contributed by atoms with Crippen LogP contribution in [-0.4, -0.2) is 25.9 Å². The molecule has 7 heteroatoms. The fraction of sp³-hybridized carbons (Fsp3) is 0.0667. The fourth-order valence-corrected chi connectivity index (χ4v) is 2.06. The van der Waals surface area contributed by atoms with Gasteiger partial charge in [-0.05, 0) is 30.3 Å². The van der Waals surface area contributed by atoms with Crippen LogP contribution in [0.3, 0.4) is 0 Å². The Balaban J connectivity index is 1.69. The molecule has 0 unspecified atom stereocenters. The Kier molecular flexibility index (Phi) is 4.11. The van der Waals surface area contributed by atoms with E-state index < -0.39 is 0 Å². The molecule has 0 bridgehead atoms. The van der Waals surface area contributed by atoms with Gasteiger partial charge in [0, 0.05) is 11.2 Å². The van der Waals surface area contributed by atoms with Gasteiger partial charge in [-0.25, -0.2) is 4.68 Å². The van der Waals surface area contributed by atoms with E-state index in [1.165, 1.54) is 4.68 Å². The van der Waals surface area contributed by atoms with Crippen molar-refractivity contribution in [1.82, 2.24) is 25.3 Å². The Hall–Kier alpha value is -2.73. The molecule has 1 aromatic carbocycles. The van der Waals surface area contributed by atoms with E-state index in [4.69, 9.17) is 11.6 Å². The summed E-state index contributed by atoms with van der Waals surface area (Å²) in [6, 6.07) is 12.7. The second-order valence-corrected chi connectivity index (χ2v) is 4.97. The summed E-state index contributed by atoms with van der Waals surface area (Å²) in [4.78, 5) is 16.2. The molecule has 1 amide bonds. The summed E-state index contributed by atoms with van der Waals surface area (Å²) >= 11 is 5.93. The molecule has 110 valence electrons. The zero-order valence-electron chi connectivity index (χ0n) is 11.5. The van der Waals surface area contributed by atoms with Gasteiger partial charge in [0.15, 0.2) is 5.69 Å². The van der Waals surface area contributed by atoms with E-state index in [1.54, 1.807) is 30.6 Å². The number of benzene rings is 1. The number of nitrogens with one attached hydrogen (secondary N) is 1. The van der Waals surface area contributed by atoms with Crippen LogP contribution in [0.2, 0.25) is 5.02 Å². The van der Waals surface area contributed by atoms with Crippen molar-refractivity contribution in [2.75, 3.05) is 0 Å². The largest absolute Gasteiger partial charge is 0.345 e. The molecule has 0 aliphatic heterocycles. The number of carbonyl (C=O) groups excluding carboxylic acids is 1. The Labute approximate surface area is 131 Å². The molecule has 2 aromatic heterocycles. The van der Waals surface area contributed by atoms with Crippen molar-refractivity contribution in [3.63, 3.8) is 0 Å². The van der Waals surface area contributed by atoms with E-state index in [0.29, 0.717) is 11.6 Å². The first kappa shape index (κ1) is 14.2. The van der Waals surface area contributed by atoms with Crippen molar-refractivity contribution < 1.29 is 4.79 Å². The van der Waals surface area contributed by atoms with Gasteiger partial charge in [-0.2, -0.15) is 0 Å². The summed E-state index contributed by atoms with van der Waals surface area (Å²) in [6.45, 7) is 0.337. The molecule has 0 fully saturated rings. The second-order valence-electron chi connectivity index (χ2n) is 4.53. The predicted molar refractivity (Wildman–Crippen MR) is 81.8 cm³/mol. The maximum Gasteiger partial charge on any atom is 0.273 e. The summed E-state index contributed by atoms with van der Waals surface area (Å²) in [6.07, 6.45) is 3.23. The topological polar surface area (TPSA) is 72.7 Å². The Morgan fingerprint density at radius 3 is 2.91 bits per heavy atom. The fourth-order valence-electron chi connectivity index (χ4n) is 1.88. The molecule has 0 saturated carbocycles. The number of pyridine rings is 1. The lowest BCUT2D eigenvalue weighted by molar-refractivity contribution is 0.0945. The van der Waals surface area contributed by atoms with Crippen molar-refractivity contribution >= 4 is 17.5 Å². The van der Waals surface area contributed by atoms with E-state index in [2.05, 4.69) is 20.6 Å². The SMILES string of the molecule is O=C(NCc1ccccn1)c1cn(-c2cccc(Cl)c2)nn1. The highest BCUT2D eigenvalue weighted by Crippen LogP contribution is 2.13. The molecule has 3 rings (SSSR count). The molecule has 0 aliphatic carbocycles. The van der Waals surface area contributed by atoms with Crippen LogP contribution in [0.4, 0.5) is 0 Å². The Morgan fingerprint density at radius 2 is 2.14 bits per heavy atom. The van der Waals surface area contributed by atoms with Crippen LogP contribution in [0.5, 0.6) is 0 Å². The molecular weight excluding hydrogens is 302 g/mol. The quantitative estimate of drug-likeness (QED) is 0.802. The zero-order valence-corrected chi connectivity index (χ0v) is 12.2. The first-order valence-corrected chi connectivity index (χ1v) is 6.96. The molecule has 22 heavy (non-hydrogen) atoms. The summed E-state index contributed by atoms with van der Waals surface area (Å²) < 4.78 is 1.50. The van der Waals surface area contributed by atoms with Crippen molar-refractivity contribution in [3.8, 4) is 5.69 Å². The maximum atomic E-state index is 12.0. The van der Waals surface area contributed by atoms with Crippen molar-refractivity contribution in [3.05, 3.63) is 71.3 Å². The van der Waals surface area contributed by atoms with Gasteiger partial charge in [0.2, 0.25) is 0 Å². The summed E-state index contributed by atoms with van der Waals surface area (Å²) in [7, 11) is 0. The summed E-state index contributed by atoms with van der Waals surface area (Å²) in [5.74, 6) is -0.307. The standard InChI is InChI=1S/C15H12ClN5O/c16-11-4-3-6-13(8-11)21-10-14(19-20-21)15(22)18-9-12-5-1-2-7-17-12/h1-8,10H,9H2,(H,18,22). The zero-order chi connectivity index (χ0) is 15.4. The van der Waals surface area contributed by atoms with Crippen molar-refractivity contribution in [1.29, 1.82) is 0 Å².